The van der Waals surface area contributed by atoms with Gasteiger partial charge in [-0.2, -0.15) is 0 Å². The molecule has 0 aromatic heterocycles. The summed E-state index contributed by atoms with van der Waals surface area (Å²) in [5.74, 6) is 0.860. The van der Waals surface area contributed by atoms with Crippen LogP contribution in [0.3, 0.4) is 0 Å². The number of aliphatic hydroxyl groups excluding tert-OH is 1. The molecule has 0 unspecified atom stereocenters. The number of rotatable bonds is 6. The first-order chi connectivity index (χ1) is 15.1. The third kappa shape index (κ3) is 4.73. The zero-order valence-corrected chi connectivity index (χ0v) is 18.2. The van der Waals surface area contributed by atoms with Crippen molar-refractivity contribution >= 4 is 16.7 Å². The minimum Gasteiger partial charge on any atom is -0.496 e. The number of nitrogens with zero attached hydrogens (tertiary/aromatic N) is 1. The molecule has 0 bridgehead atoms. The Morgan fingerprint density at radius 1 is 1.13 bits per heavy atom. The van der Waals surface area contributed by atoms with E-state index in [2.05, 4.69) is 34.5 Å². The highest BCUT2D eigenvalue weighted by Crippen LogP contribution is 2.32. The maximum absolute atomic E-state index is 12.9. The van der Waals surface area contributed by atoms with Crippen molar-refractivity contribution in [2.45, 2.75) is 25.8 Å². The molecule has 0 atom stereocenters. The van der Waals surface area contributed by atoms with Crippen LogP contribution in [0.25, 0.3) is 21.9 Å². The molecule has 0 spiro atoms. The van der Waals surface area contributed by atoms with Gasteiger partial charge < -0.3 is 20.1 Å². The van der Waals surface area contributed by atoms with Crippen LogP contribution in [0.5, 0.6) is 5.75 Å². The normalized spacial score (nSPS) is 15.2. The number of hydrogen-bond donors (Lipinski definition) is 2. The summed E-state index contributed by atoms with van der Waals surface area (Å²) >= 11 is 0. The zero-order chi connectivity index (χ0) is 21.8. The average molecular weight is 419 g/mol. The van der Waals surface area contributed by atoms with Crippen LogP contribution in [0.1, 0.15) is 28.8 Å². The molecule has 5 heteroatoms. The van der Waals surface area contributed by atoms with Crippen molar-refractivity contribution in [2.75, 3.05) is 33.4 Å². The smallest absolute Gasteiger partial charge is 0.251 e. The van der Waals surface area contributed by atoms with Gasteiger partial charge in [0.05, 0.1) is 13.7 Å². The molecule has 0 saturated carbocycles. The third-order valence-electron chi connectivity index (χ3n) is 6.19. The van der Waals surface area contributed by atoms with Crippen LogP contribution in [-0.4, -0.2) is 55.3 Å². The number of ether oxygens (including phenoxy) is 1. The fourth-order valence-corrected chi connectivity index (χ4v) is 4.43. The van der Waals surface area contributed by atoms with E-state index in [9.17, 15) is 4.79 Å². The van der Waals surface area contributed by atoms with Gasteiger partial charge in [0.1, 0.15) is 5.75 Å². The molecule has 2 N–H and O–H groups in total. The fraction of sp³-hybridized carbons (Fsp3) is 0.346. The molecule has 0 radical (unpaired) electrons. The largest absolute Gasteiger partial charge is 0.496 e. The summed E-state index contributed by atoms with van der Waals surface area (Å²) in [5, 5.41) is 14.4. The van der Waals surface area contributed by atoms with Crippen LogP contribution in [0.2, 0.25) is 0 Å². The molecule has 5 nitrogen and oxygen atoms in total. The maximum Gasteiger partial charge on any atom is 0.251 e. The van der Waals surface area contributed by atoms with Gasteiger partial charge in [-0.05, 0) is 71.5 Å². The van der Waals surface area contributed by atoms with Gasteiger partial charge in [-0.15, -0.1) is 0 Å². The molecule has 31 heavy (non-hydrogen) atoms. The summed E-state index contributed by atoms with van der Waals surface area (Å²) < 4.78 is 5.39. The fourth-order valence-electron chi connectivity index (χ4n) is 4.43. The number of benzene rings is 3. The number of carbonyl (C=O) groups excluding carboxylic acids is 1. The Hall–Kier alpha value is -2.89. The summed E-state index contributed by atoms with van der Waals surface area (Å²) in [4.78, 5) is 15.1. The van der Waals surface area contributed by atoms with Gasteiger partial charge in [0.15, 0.2) is 0 Å². The molecule has 4 rings (SSSR count). The number of methoxy groups -OCH3 is 1. The Kier molecular flexibility index (Phi) is 6.54. The molecule has 1 saturated heterocycles. The van der Waals surface area contributed by atoms with Gasteiger partial charge in [-0.1, -0.05) is 30.3 Å². The van der Waals surface area contributed by atoms with E-state index < -0.39 is 0 Å². The number of fused-ring (bicyclic) bond motifs is 1. The van der Waals surface area contributed by atoms with Crippen LogP contribution in [0.4, 0.5) is 0 Å². The van der Waals surface area contributed by atoms with E-state index in [0.717, 1.165) is 59.1 Å². The average Bonchev–Trinajstić information content (AvgIpc) is 2.79. The first kappa shape index (κ1) is 21.3. The number of likely N-dealkylation sites (tertiary alicyclic amines) is 1. The highest BCUT2D eigenvalue weighted by molar-refractivity contribution is 6.02. The van der Waals surface area contributed by atoms with Gasteiger partial charge in [0.25, 0.3) is 5.91 Å². The van der Waals surface area contributed by atoms with Crippen molar-refractivity contribution in [3.8, 4) is 16.9 Å². The molecular formula is C26H30N2O3. The van der Waals surface area contributed by atoms with Crippen molar-refractivity contribution in [1.29, 1.82) is 0 Å². The van der Waals surface area contributed by atoms with Crippen molar-refractivity contribution in [2.24, 2.45) is 0 Å². The molecule has 3 aromatic carbocycles. The van der Waals surface area contributed by atoms with Gasteiger partial charge in [0, 0.05) is 31.2 Å². The SMILES string of the molecule is COc1ccc(-c2cccc3cc(C(=O)NC4CCN(CCO)CC4)ccc23)cc1C. The minimum absolute atomic E-state index is 0.0202. The highest BCUT2D eigenvalue weighted by atomic mass is 16.5. The lowest BCUT2D eigenvalue weighted by molar-refractivity contribution is 0.0903. The molecule has 162 valence electrons. The number of aryl methyl sites for hydroxylation is 1. The van der Waals surface area contributed by atoms with Crippen LogP contribution < -0.4 is 10.1 Å². The topological polar surface area (TPSA) is 61.8 Å². The van der Waals surface area contributed by atoms with Crippen LogP contribution in [0.15, 0.2) is 54.6 Å². The summed E-state index contributed by atoms with van der Waals surface area (Å²) in [6, 6.07) is 18.5. The lowest BCUT2D eigenvalue weighted by atomic mass is 9.95. The number of carbonyl (C=O) groups is 1. The number of β-amino-alcohol motifs (C(OH)–C–C–N with tert-alkyl or cyclic N) is 1. The molecular weight excluding hydrogens is 388 g/mol. The lowest BCUT2D eigenvalue weighted by Gasteiger charge is -2.31. The number of hydrogen-bond acceptors (Lipinski definition) is 4. The predicted molar refractivity (Wildman–Crippen MR) is 125 cm³/mol. The van der Waals surface area contributed by atoms with E-state index in [4.69, 9.17) is 9.84 Å². The standard InChI is InChI=1S/C26H30N2O3/c1-18-16-20(7-9-25(18)31-2)23-5-3-4-19-17-21(6-8-24(19)23)26(30)27-22-10-12-28(13-11-22)14-15-29/h3-9,16-17,22,29H,10-15H2,1-2H3,(H,27,30). The molecule has 0 aliphatic carbocycles. The molecule has 1 fully saturated rings. The molecule has 1 heterocycles. The van der Waals surface area contributed by atoms with Crippen molar-refractivity contribution in [1.82, 2.24) is 10.2 Å². The predicted octanol–water partition coefficient (Wildman–Crippen LogP) is 4.01. The second-order valence-electron chi connectivity index (χ2n) is 8.24. The Labute approximate surface area is 183 Å². The minimum atomic E-state index is -0.0202. The van der Waals surface area contributed by atoms with Gasteiger partial charge in [-0.3, -0.25) is 4.79 Å². The number of amides is 1. The number of aliphatic hydroxyl groups is 1. The van der Waals surface area contributed by atoms with Crippen molar-refractivity contribution < 1.29 is 14.6 Å². The zero-order valence-electron chi connectivity index (χ0n) is 18.2. The quantitative estimate of drug-likeness (QED) is 0.635. The number of piperidine rings is 1. The van der Waals surface area contributed by atoms with E-state index in [1.807, 2.05) is 37.3 Å². The van der Waals surface area contributed by atoms with Crippen LogP contribution >= 0.6 is 0 Å². The van der Waals surface area contributed by atoms with Crippen LogP contribution in [-0.2, 0) is 0 Å². The van der Waals surface area contributed by atoms with Crippen LogP contribution in [0, 0.1) is 6.92 Å². The monoisotopic (exact) mass is 418 g/mol. The van der Waals surface area contributed by atoms with Gasteiger partial charge in [-0.25, -0.2) is 0 Å². The first-order valence-electron chi connectivity index (χ1n) is 10.9. The molecule has 1 aliphatic heterocycles. The summed E-state index contributed by atoms with van der Waals surface area (Å²) in [7, 11) is 1.69. The molecule has 1 amide bonds. The van der Waals surface area contributed by atoms with Crippen molar-refractivity contribution in [3.63, 3.8) is 0 Å². The Balaban J connectivity index is 1.52. The Bertz CT molecular complexity index is 1070. The Morgan fingerprint density at radius 3 is 2.65 bits per heavy atom. The summed E-state index contributed by atoms with van der Waals surface area (Å²) in [5.41, 5.74) is 4.06. The van der Waals surface area contributed by atoms with Gasteiger partial charge >= 0.3 is 0 Å². The van der Waals surface area contributed by atoms with E-state index in [-0.39, 0.29) is 18.6 Å². The molecule has 1 aliphatic rings. The molecule has 3 aromatic rings. The number of nitrogens with one attached hydrogen (secondary N) is 1. The third-order valence-corrected chi connectivity index (χ3v) is 6.19. The van der Waals surface area contributed by atoms with Gasteiger partial charge in [0.2, 0.25) is 0 Å². The first-order valence-corrected chi connectivity index (χ1v) is 10.9. The van der Waals surface area contributed by atoms with Crippen molar-refractivity contribution in [3.05, 3.63) is 65.7 Å². The summed E-state index contributed by atoms with van der Waals surface area (Å²) in [6.07, 6.45) is 1.83. The maximum atomic E-state index is 12.9. The van der Waals surface area contributed by atoms with E-state index in [1.165, 1.54) is 0 Å². The lowest BCUT2D eigenvalue weighted by Crippen LogP contribution is -2.45. The summed E-state index contributed by atoms with van der Waals surface area (Å²) in [6.45, 7) is 4.76. The second kappa shape index (κ2) is 9.50. The van der Waals surface area contributed by atoms with E-state index >= 15 is 0 Å². The Morgan fingerprint density at radius 2 is 1.94 bits per heavy atom. The second-order valence-corrected chi connectivity index (χ2v) is 8.24. The van der Waals surface area contributed by atoms with E-state index in [1.54, 1.807) is 7.11 Å². The highest BCUT2D eigenvalue weighted by Gasteiger charge is 2.21. The van der Waals surface area contributed by atoms with E-state index in [0.29, 0.717) is 12.1 Å².